The van der Waals surface area contributed by atoms with E-state index in [1.54, 1.807) is 7.05 Å². The Morgan fingerprint density at radius 3 is 2.40 bits per heavy atom. The van der Waals surface area contributed by atoms with E-state index >= 15 is 0 Å². The van der Waals surface area contributed by atoms with Gasteiger partial charge in [0, 0.05) is 42.4 Å². The van der Waals surface area contributed by atoms with Gasteiger partial charge in [0.2, 0.25) is 0 Å². The van der Waals surface area contributed by atoms with Crippen molar-refractivity contribution in [2.45, 2.75) is 19.2 Å². The van der Waals surface area contributed by atoms with E-state index in [-0.39, 0.29) is 24.0 Å². The Morgan fingerprint density at radius 2 is 1.72 bits per heavy atom. The lowest BCUT2D eigenvalue weighted by atomic mass is 10.1. The van der Waals surface area contributed by atoms with Crippen LogP contribution in [0.25, 0.3) is 0 Å². The first kappa shape index (κ1) is 21.6. The van der Waals surface area contributed by atoms with Gasteiger partial charge in [-0.25, -0.2) is 0 Å². The van der Waals surface area contributed by atoms with Gasteiger partial charge in [-0.05, 0) is 23.6 Å². The maximum absolute atomic E-state index is 12.1. The monoisotopic (exact) mass is 471 g/mol. The molecule has 2 aromatic carbocycles. The number of rotatable bonds is 7. The molecule has 2 aromatic rings. The second-order valence-corrected chi connectivity index (χ2v) is 7.13. The van der Waals surface area contributed by atoms with Crippen molar-refractivity contribution >= 4 is 40.7 Å². The maximum atomic E-state index is 12.1. The molecule has 0 aromatic heterocycles. The molecule has 4 nitrogen and oxygen atoms in total. The van der Waals surface area contributed by atoms with Crippen molar-refractivity contribution in [2.24, 2.45) is 4.99 Å². The quantitative estimate of drug-likeness (QED) is 0.371. The van der Waals surface area contributed by atoms with Crippen molar-refractivity contribution < 1.29 is 4.21 Å². The predicted molar refractivity (Wildman–Crippen MR) is 118 cm³/mol. The van der Waals surface area contributed by atoms with E-state index < -0.39 is 10.8 Å². The zero-order valence-electron chi connectivity index (χ0n) is 14.7. The highest BCUT2D eigenvalue weighted by Gasteiger charge is 2.04. The minimum atomic E-state index is -0.878. The molecule has 0 aliphatic rings. The Kier molecular flexibility index (Phi) is 10.4. The zero-order valence-corrected chi connectivity index (χ0v) is 17.8. The summed E-state index contributed by atoms with van der Waals surface area (Å²) < 4.78 is 12.1. The van der Waals surface area contributed by atoms with E-state index in [4.69, 9.17) is 0 Å². The first-order chi connectivity index (χ1) is 11.7. The summed E-state index contributed by atoms with van der Waals surface area (Å²) in [6, 6.07) is 18.2. The van der Waals surface area contributed by atoms with E-state index in [0.717, 1.165) is 18.1 Å². The maximum Gasteiger partial charge on any atom is 0.191 e. The third-order valence-corrected chi connectivity index (χ3v) is 5.04. The highest BCUT2D eigenvalue weighted by atomic mass is 127. The lowest BCUT2D eigenvalue weighted by Gasteiger charge is -2.13. The summed E-state index contributed by atoms with van der Waals surface area (Å²) in [7, 11) is 0.866. The van der Waals surface area contributed by atoms with E-state index in [2.05, 4.69) is 34.7 Å². The first-order valence-electron chi connectivity index (χ1n) is 8.07. The van der Waals surface area contributed by atoms with Crippen molar-refractivity contribution in [3.05, 3.63) is 71.3 Å². The standard InChI is InChI=1S/C19H25N3OS.HI/c1-16-8-6-7-11-18(16)14-22-19(20-2)21-12-13-24(23)15-17-9-4-3-5-10-17;/h3-11H,12-15H2,1-2H3,(H2,20,21,22);1H. The molecule has 0 bridgehead atoms. The van der Waals surface area contributed by atoms with Crippen molar-refractivity contribution in [1.29, 1.82) is 0 Å². The molecule has 2 N–H and O–H groups in total. The third-order valence-electron chi connectivity index (χ3n) is 3.72. The number of aliphatic imine (C=N–C) groups is 1. The number of aryl methyl sites for hydroxylation is 1. The van der Waals surface area contributed by atoms with Crippen LogP contribution in [-0.4, -0.2) is 29.5 Å². The zero-order chi connectivity index (χ0) is 17.2. The lowest BCUT2D eigenvalue weighted by molar-refractivity contribution is 0.680. The number of hydrogen-bond acceptors (Lipinski definition) is 2. The van der Waals surface area contributed by atoms with Crippen LogP contribution in [0.5, 0.6) is 0 Å². The van der Waals surface area contributed by atoms with Crippen LogP contribution in [0, 0.1) is 6.92 Å². The second kappa shape index (κ2) is 12.0. The van der Waals surface area contributed by atoms with Crippen LogP contribution in [-0.2, 0) is 23.1 Å². The number of guanidine groups is 1. The fraction of sp³-hybridized carbons (Fsp3) is 0.316. The summed E-state index contributed by atoms with van der Waals surface area (Å²) in [6.45, 7) is 3.45. The van der Waals surface area contributed by atoms with Crippen LogP contribution in [0.3, 0.4) is 0 Å². The molecule has 0 radical (unpaired) electrons. The number of benzene rings is 2. The third kappa shape index (κ3) is 8.00. The molecule has 0 amide bonds. The largest absolute Gasteiger partial charge is 0.355 e. The summed E-state index contributed by atoms with van der Waals surface area (Å²) >= 11 is 0. The first-order valence-corrected chi connectivity index (χ1v) is 9.56. The van der Waals surface area contributed by atoms with Crippen LogP contribution in [0.1, 0.15) is 16.7 Å². The van der Waals surface area contributed by atoms with Gasteiger partial charge in [-0.15, -0.1) is 24.0 Å². The van der Waals surface area contributed by atoms with Gasteiger partial charge in [-0.3, -0.25) is 9.20 Å². The van der Waals surface area contributed by atoms with Crippen molar-refractivity contribution in [2.75, 3.05) is 19.3 Å². The van der Waals surface area contributed by atoms with Gasteiger partial charge in [-0.2, -0.15) is 0 Å². The Labute approximate surface area is 170 Å². The molecule has 1 atom stereocenters. The average molecular weight is 471 g/mol. The van der Waals surface area contributed by atoms with Gasteiger partial charge < -0.3 is 10.6 Å². The predicted octanol–water partition coefficient (Wildman–Crippen LogP) is 3.23. The van der Waals surface area contributed by atoms with E-state index in [1.165, 1.54) is 11.1 Å². The average Bonchev–Trinajstić information content (AvgIpc) is 2.60. The molecule has 25 heavy (non-hydrogen) atoms. The van der Waals surface area contributed by atoms with Crippen LogP contribution in [0.4, 0.5) is 0 Å². The molecule has 0 saturated carbocycles. The van der Waals surface area contributed by atoms with Crippen molar-refractivity contribution in [3.8, 4) is 0 Å². The lowest BCUT2D eigenvalue weighted by Crippen LogP contribution is -2.38. The SMILES string of the molecule is CN=C(NCCS(=O)Cc1ccccc1)NCc1ccccc1C.I. The van der Waals surface area contributed by atoms with Crippen LogP contribution in [0.2, 0.25) is 0 Å². The van der Waals surface area contributed by atoms with Crippen molar-refractivity contribution in [1.82, 2.24) is 10.6 Å². The number of nitrogens with zero attached hydrogens (tertiary/aromatic N) is 1. The molecule has 6 heteroatoms. The van der Waals surface area contributed by atoms with Gasteiger partial charge in [0.1, 0.15) is 0 Å². The molecular formula is C19H26IN3OS. The minimum Gasteiger partial charge on any atom is -0.355 e. The van der Waals surface area contributed by atoms with Gasteiger partial charge in [0.25, 0.3) is 0 Å². The smallest absolute Gasteiger partial charge is 0.191 e. The normalized spacial score (nSPS) is 12.2. The highest BCUT2D eigenvalue weighted by Crippen LogP contribution is 2.06. The number of halogens is 1. The Morgan fingerprint density at radius 1 is 1.04 bits per heavy atom. The molecule has 1 unspecified atom stereocenters. The topological polar surface area (TPSA) is 53.5 Å². The fourth-order valence-corrected chi connectivity index (χ4v) is 3.36. The fourth-order valence-electron chi connectivity index (χ4n) is 2.32. The number of nitrogens with one attached hydrogen (secondary N) is 2. The van der Waals surface area contributed by atoms with E-state index in [9.17, 15) is 4.21 Å². The molecule has 0 spiro atoms. The summed E-state index contributed by atoms with van der Waals surface area (Å²) in [5.74, 6) is 1.92. The molecule has 0 aliphatic carbocycles. The molecule has 0 saturated heterocycles. The molecule has 0 aliphatic heterocycles. The molecule has 2 rings (SSSR count). The Balaban J connectivity index is 0.00000312. The van der Waals surface area contributed by atoms with E-state index in [0.29, 0.717) is 18.1 Å². The minimum absolute atomic E-state index is 0. The van der Waals surface area contributed by atoms with E-state index in [1.807, 2.05) is 42.5 Å². The Hall–Kier alpha value is -1.41. The summed E-state index contributed by atoms with van der Waals surface area (Å²) in [5.41, 5.74) is 3.61. The van der Waals surface area contributed by atoms with Gasteiger partial charge in [0.05, 0.1) is 0 Å². The summed E-state index contributed by atoms with van der Waals surface area (Å²) in [4.78, 5) is 4.21. The summed E-state index contributed by atoms with van der Waals surface area (Å²) in [6.07, 6.45) is 0. The van der Waals surface area contributed by atoms with Crippen LogP contribution < -0.4 is 10.6 Å². The molecule has 0 heterocycles. The molecule has 136 valence electrons. The van der Waals surface area contributed by atoms with Gasteiger partial charge >= 0.3 is 0 Å². The van der Waals surface area contributed by atoms with Crippen LogP contribution in [0.15, 0.2) is 59.6 Å². The molecular weight excluding hydrogens is 445 g/mol. The van der Waals surface area contributed by atoms with Gasteiger partial charge in [-0.1, -0.05) is 54.6 Å². The second-order valence-electron chi connectivity index (χ2n) is 5.55. The van der Waals surface area contributed by atoms with Crippen molar-refractivity contribution in [3.63, 3.8) is 0 Å². The Bertz CT molecular complexity index is 692. The highest BCUT2D eigenvalue weighted by molar-refractivity contribution is 14.0. The van der Waals surface area contributed by atoms with Crippen LogP contribution >= 0.6 is 24.0 Å². The van der Waals surface area contributed by atoms with Gasteiger partial charge in [0.15, 0.2) is 5.96 Å². The summed E-state index contributed by atoms with van der Waals surface area (Å²) in [5, 5.41) is 6.51. The molecule has 0 fully saturated rings. The number of hydrogen-bond donors (Lipinski definition) is 2.